The second-order valence-electron chi connectivity index (χ2n) is 3.34. The standard InChI is InChI=1S/C11H12BrN3OS/c1-8-14-15-11(16-8)17-7-6-13-10-5-3-2-4-9(10)12/h2-5,13H,6-7H2,1H3. The third-order valence-electron chi connectivity index (χ3n) is 2.02. The van der Waals surface area contributed by atoms with Crippen molar-refractivity contribution in [3.05, 3.63) is 34.6 Å². The molecule has 4 nitrogen and oxygen atoms in total. The van der Waals surface area contributed by atoms with Gasteiger partial charge in [0.15, 0.2) is 0 Å². The lowest BCUT2D eigenvalue weighted by atomic mass is 10.3. The first-order valence-electron chi connectivity index (χ1n) is 5.17. The Kier molecular flexibility index (Phi) is 4.44. The van der Waals surface area contributed by atoms with Gasteiger partial charge >= 0.3 is 0 Å². The van der Waals surface area contributed by atoms with Crippen molar-refractivity contribution in [1.29, 1.82) is 0 Å². The van der Waals surface area contributed by atoms with Crippen molar-refractivity contribution in [2.75, 3.05) is 17.6 Å². The molecule has 0 aliphatic carbocycles. The minimum absolute atomic E-state index is 0.603. The van der Waals surface area contributed by atoms with E-state index in [1.54, 1.807) is 18.7 Å². The van der Waals surface area contributed by atoms with E-state index in [1.807, 2.05) is 24.3 Å². The molecule has 0 unspecified atom stereocenters. The lowest BCUT2D eigenvalue weighted by Gasteiger charge is -2.06. The number of para-hydroxylation sites is 1. The van der Waals surface area contributed by atoms with Crippen molar-refractivity contribution < 1.29 is 4.42 Å². The highest BCUT2D eigenvalue weighted by Gasteiger charge is 2.02. The minimum Gasteiger partial charge on any atom is -0.416 e. The van der Waals surface area contributed by atoms with Crippen molar-refractivity contribution in [2.24, 2.45) is 0 Å². The molecule has 2 aromatic rings. The molecule has 0 aliphatic rings. The number of aryl methyl sites for hydroxylation is 1. The minimum atomic E-state index is 0.603. The highest BCUT2D eigenvalue weighted by Crippen LogP contribution is 2.21. The first-order valence-corrected chi connectivity index (χ1v) is 6.95. The number of thioether (sulfide) groups is 1. The zero-order valence-electron chi connectivity index (χ0n) is 9.31. The van der Waals surface area contributed by atoms with Gasteiger partial charge < -0.3 is 9.73 Å². The molecule has 0 fully saturated rings. The van der Waals surface area contributed by atoms with Crippen molar-refractivity contribution in [2.45, 2.75) is 12.1 Å². The van der Waals surface area contributed by atoms with Crippen LogP contribution < -0.4 is 5.32 Å². The van der Waals surface area contributed by atoms with E-state index in [0.29, 0.717) is 11.1 Å². The van der Waals surface area contributed by atoms with E-state index >= 15 is 0 Å². The molecule has 6 heteroatoms. The topological polar surface area (TPSA) is 51.0 Å². The summed E-state index contributed by atoms with van der Waals surface area (Å²) in [4.78, 5) is 0. The molecule has 1 aromatic heterocycles. The van der Waals surface area contributed by atoms with E-state index in [9.17, 15) is 0 Å². The van der Waals surface area contributed by atoms with Crippen LogP contribution in [0.1, 0.15) is 5.89 Å². The van der Waals surface area contributed by atoms with Crippen LogP contribution in [0.5, 0.6) is 0 Å². The largest absolute Gasteiger partial charge is 0.416 e. The fraction of sp³-hybridized carbons (Fsp3) is 0.273. The second kappa shape index (κ2) is 6.07. The van der Waals surface area contributed by atoms with E-state index < -0.39 is 0 Å². The SMILES string of the molecule is Cc1nnc(SCCNc2ccccc2Br)o1. The van der Waals surface area contributed by atoms with Crippen LogP contribution in [-0.2, 0) is 0 Å². The highest BCUT2D eigenvalue weighted by atomic mass is 79.9. The van der Waals surface area contributed by atoms with Crippen LogP contribution in [0.2, 0.25) is 0 Å². The van der Waals surface area contributed by atoms with E-state index in [1.165, 1.54) is 0 Å². The molecule has 0 radical (unpaired) electrons. The van der Waals surface area contributed by atoms with Crippen LogP contribution in [0, 0.1) is 6.92 Å². The summed E-state index contributed by atoms with van der Waals surface area (Å²) in [6.45, 7) is 2.63. The molecule has 0 saturated carbocycles. The van der Waals surface area contributed by atoms with Gasteiger partial charge in [0.25, 0.3) is 5.22 Å². The summed E-state index contributed by atoms with van der Waals surface area (Å²) < 4.78 is 6.33. The van der Waals surface area contributed by atoms with E-state index in [0.717, 1.165) is 22.5 Å². The van der Waals surface area contributed by atoms with Gasteiger partial charge in [0.2, 0.25) is 5.89 Å². The first-order chi connectivity index (χ1) is 8.25. The zero-order chi connectivity index (χ0) is 12.1. The van der Waals surface area contributed by atoms with Crippen molar-refractivity contribution in [3.63, 3.8) is 0 Å². The summed E-state index contributed by atoms with van der Waals surface area (Å²) in [7, 11) is 0. The highest BCUT2D eigenvalue weighted by molar-refractivity contribution is 9.10. The number of hydrogen-bond acceptors (Lipinski definition) is 5. The molecule has 0 bridgehead atoms. The van der Waals surface area contributed by atoms with Crippen LogP contribution in [0.15, 0.2) is 38.4 Å². The van der Waals surface area contributed by atoms with E-state index in [2.05, 4.69) is 31.4 Å². The van der Waals surface area contributed by atoms with Crippen molar-refractivity contribution in [3.8, 4) is 0 Å². The summed E-state index contributed by atoms with van der Waals surface area (Å²) in [5, 5.41) is 11.6. The van der Waals surface area contributed by atoms with Crippen molar-refractivity contribution >= 4 is 33.4 Å². The molecule has 0 amide bonds. The average Bonchev–Trinajstić information content (AvgIpc) is 2.73. The number of nitrogens with zero attached hydrogens (tertiary/aromatic N) is 2. The Labute approximate surface area is 112 Å². The van der Waals surface area contributed by atoms with Crippen molar-refractivity contribution in [1.82, 2.24) is 10.2 Å². The van der Waals surface area contributed by atoms with Crippen LogP contribution >= 0.6 is 27.7 Å². The van der Waals surface area contributed by atoms with Gasteiger partial charge in [-0.3, -0.25) is 0 Å². The monoisotopic (exact) mass is 313 g/mol. The normalized spacial score (nSPS) is 10.5. The van der Waals surface area contributed by atoms with Gasteiger partial charge in [-0.1, -0.05) is 23.9 Å². The molecule has 0 atom stereocenters. The van der Waals surface area contributed by atoms with Crippen LogP contribution in [-0.4, -0.2) is 22.5 Å². The summed E-state index contributed by atoms with van der Waals surface area (Å²) in [5.41, 5.74) is 1.09. The number of nitrogens with one attached hydrogen (secondary N) is 1. The van der Waals surface area contributed by atoms with Crippen LogP contribution in [0.3, 0.4) is 0 Å². The third-order valence-corrected chi connectivity index (χ3v) is 3.54. The maximum atomic E-state index is 5.26. The quantitative estimate of drug-likeness (QED) is 0.677. The molecule has 17 heavy (non-hydrogen) atoms. The molecule has 1 heterocycles. The molecule has 0 saturated heterocycles. The number of halogens is 1. The number of benzene rings is 1. The Morgan fingerprint density at radius 2 is 2.18 bits per heavy atom. The smallest absolute Gasteiger partial charge is 0.276 e. The van der Waals surface area contributed by atoms with Gasteiger partial charge in [0.05, 0.1) is 0 Å². The maximum absolute atomic E-state index is 5.26. The molecule has 90 valence electrons. The number of aromatic nitrogens is 2. The summed E-state index contributed by atoms with van der Waals surface area (Å²) >= 11 is 5.03. The van der Waals surface area contributed by atoms with E-state index in [4.69, 9.17) is 4.42 Å². The number of hydrogen-bond donors (Lipinski definition) is 1. The van der Waals surface area contributed by atoms with Crippen LogP contribution in [0.4, 0.5) is 5.69 Å². The van der Waals surface area contributed by atoms with Crippen LogP contribution in [0.25, 0.3) is 0 Å². The lowest BCUT2D eigenvalue weighted by Crippen LogP contribution is -2.04. The molecular formula is C11H12BrN3OS. The molecule has 0 aliphatic heterocycles. The average molecular weight is 314 g/mol. The fourth-order valence-corrected chi connectivity index (χ4v) is 2.35. The molecule has 1 N–H and O–H groups in total. The predicted molar refractivity (Wildman–Crippen MR) is 72.4 cm³/mol. The maximum Gasteiger partial charge on any atom is 0.276 e. The zero-order valence-corrected chi connectivity index (χ0v) is 11.7. The van der Waals surface area contributed by atoms with E-state index in [-0.39, 0.29) is 0 Å². The first kappa shape index (κ1) is 12.4. The Balaban J connectivity index is 1.75. The molecule has 0 spiro atoms. The Hall–Kier alpha value is -1.01. The van der Waals surface area contributed by atoms with Gasteiger partial charge in [-0.2, -0.15) is 0 Å². The summed E-state index contributed by atoms with van der Waals surface area (Å²) in [6.07, 6.45) is 0. The molecule has 2 rings (SSSR count). The summed E-state index contributed by atoms with van der Waals surface area (Å²) in [6, 6.07) is 8.04. The van der Waals surface area contributed by atoms with Gasteiger partial charge in [0, 0.05) is 29.4 Å². The lowest BCUT2D eigenvalue weighted by molar-refractivity contribution is 0.429. The predicted octanol–water partition coefficient (Wildman–Crippen LogP) is 3.34. The van der Waals surface area contributed by atoms with Gasteiger partial charge in [0.1, 0.15) is 0 Å². The van der Waals surface area contributed by atoms with Gasteiger partial charge in [-0.25, -0.2) is 0 Å². The molecular weight excluding hydrogens is 302 g/mol. The Morgan fingerprint density at radius 1 is 1.35 bits per heavy atom. The number of anilines is 1. The third kappa shape index (κ3) is 3.74. The van der Waals surface area contributed by atoms with Gasteiger partial charge in [-0.05, 0) is 28.1 Å². The number of rotatable bonds is 5. The molecule has 1 aromatic carbocycles. The second-order valence-corrected chi connectivity index (χ2v) is 5.24. The fourth-order valence-electron chi connectivity index (χ4n) is 1.27. The summed E-state index contributed by atoms with van der Waals surface area (Å²) in [5.74, 6) is 1.48. The Bertz CT molecular complexity index is 489. The van der Waals surface area contributed by atoms with Gasteiger partial charge in [-0.15, -0.1) is 10.2 Å². The Morgan fingerprint density at radius 3 is 2.88 bits per heavy atom.